The highest BCUT2D eigenvalue weighted by atomic mass is 79.9. The Morgan fingerprint density at radius 1 is 1.29 bits per heavy atom. The summed E-state index contributed by atoms with van der Waals surface area (Å²) in [4.78, 5) is 2.63. The summed E-state index contributed by atoms with van der Waals surface area (Å²) in [5, 5.41) is 0. The lowest BCUT2D eigenvalue weighted by Crippen LogP contribution is -2.10. The van der Waals surface area contributed by atoms with Crippen LogP contribution in [0.4, 0.5) is 0 Å². The molecule has 17 heavy (non-hydrogen) atoms. The summed E-state index contributed by atoms with van der Waals surface area (Å²) in [5.41, 5.74) is 8.71. The van der Waals surface area contributed by atoms with Gasteiger partial charge < -0.3 is 5.73 Å². The molecule has 0 aliphatic carbocycles. The highest BCUT2D eigenvalue weighted by molar-refractivity contribution is 9.10. The van der Waals surface area contributed by atoms with E-state index in [0.717, 1.165) is 10.9 Å². The Morgan fingerprint density at radius 3 is 2.65 bits per heavy atom. The maximum atomic E-state index is 6.31. The largest absolute Gasteiger partial charge is 0.320 e. The van der Waals surface area contributed by atoms with E-state index < -0.39 is 0 Å². The number of rotatable bonds is 3. The highest BCUT2D eigenvalue weighted by Crippen LogP contribution is 2.29. The third-order valence-electron chi connectivity index (χ3n) is 2.76. The Labute approximate surface area is 115 Å². The number of benzene rings is 1. The van der Waals surface area contributed by atoms with Gasteiger partial charge in [-0.3, -0.25) is 0 Å². The van der Waals surface area contributed by atoms with Crippen molar-refractivity contribution in [3.05, 3.63) is 55.7 Å². The summed E-state index contributed by atoms with van der Waals surface area (Å²) in [6.45, 7) is 4.26. The summed E-state index contributed by atoms with van der Waals surface area (Å²) in [6.07, 6.45) is 1.08. The molecule has 90 valence electrons. The van der Waals surface area contributed by atoms with Crippen molar-refractivity contribution in [3.8, 4) is 0 Å². The lowest BCUT2D eigenvalue weighted by Gasteiger charge is -2.11. The first-order chi connectivity index (χ1) is 8.10. The third-order valence-corrected chi connectivity index (χ3v) is 4.53. The van der Waals surface area contributed by atoms with E-state index >= 15 is 0 Å². The minimum absolute atomic E-state index is 0.0171. The molecule has 0 aliphatic heterocycles. The first kappa shape index (κ1) is 12.8. The van der Waals surface area contributed by atoms with Crippen molar-refractivity contribution in [2.75, 3.05) is 0 Å². The zero-order chi connectivity index (χ0) is 12.4. The smallest absolute Gasteiger partial charge is 0.0646 e. The second-order valence-corrected chi connectivity index (χ2v) is 6.31. The van der Waals surface area contributed by atoms with Gasteiger partial charge in [-0.25, -0.2) is 0 Å². The molecule has 2 rings (SSSR count). The molecule has 0 aliphatic rings. The first-order valence-electron chi connectivity index (χ1n) is 5.71. The minimum Gasteiger partial charge on any atom is -0.320 e. The molecule has 0 saturated heterocycles. The Bertz CT molecular complexity index is 498. The molecule has 0 saturated carbocycles. The van der Waals surface area contributed by atoms with Gasteiger partial charge in [0.15, 0.2) is 0 Å². The molecule has 1 nitrogen and oxygen atoms in total. The van der Waals surface area contributed by atoms with Crippen molar-refractivity contribution in [2.45, 2.75) is 26.3 Å². The van der Waals surface area contributed by atoms with Gasteiger partial charge in [0.1, 0.15) is 0 Å². The highest BCUT2D eigenvalue weighted by Gasteiger charge is 2.12. The van der Waals surface area contributed by atoms with Crippen LogP contribution in [0.5, 0.6) is 0 Å². The van der Waals surface area contributed by atoms with Gasteiger partial charge >= 0.3 is 0 Å². The van der Waals surface area contributed by atoms with Crippen LogP contribution in [0, 0.1) is 6.92 Å². The normalized spacial score (nSPS) is 12.7. The number of nitrogens with two attached hydrogens (primary N) is 1. The number of hydrogen-bond acceptors (Lipinski definition) is 2. The maximum Gasteiger partial charge on any atom is 0.0646 e. The Hall–Kier alpha value is -0.640. The lowest BCUT2D eigenvalue weighted by molar-refractivity contribution is 0.890. The van der Waals surface area contributed by atoms with Crippen LogP contribution in [0.1, 0.15) is 33.8 Å². The SMILES string of the molecule is CCc1ccc(C(N)c2cc(C)cc(Br)c2)s1. The van der Waals surface area contributed by atoms with Gasteiger partial charge in [0.25, 0.3) is 0 Å². The van der Waals surface area contributed by atoms with Crippen LogP contribution >= 0.6 is 27.3 Å². The molecule has 2 N–H and O–H groups in total. The zero-order valence-electron chi connectivity index (χ0n) is 10.0. The molecule has 1 atom stereocenters. The zero-order valence-corrected chi connectivity index (χ0v) is 12.4. The van der Waals surface area contributed by atoms with Gasteiger partial charge in [-0.05, 0) is 48.7 Å². The van der Waals surface area contributed by atoms with Gasteiger partial charge in [0.05, 0.1) is 6.04 Å². The molecule has 0 fully saturated rings. The van der Waals surface area contributed by atoms with Gasteiger partial charge in [-0.15, -0.1) is 11.3 Å². The van der Waals surface area contributed by atoms with Gasteiger partial charge in [-0.2, -0.15) is 0 Å². The average molecular weight is 310 g/mol. The van der Waals surface area contributed by atoms with Crippen LogP contribution in [0.2, 0.25) is 0 Å². The summed E-state index contributed by atoms with van der Waals surface area (Å²) in [5.74, 6) is 0. The Morgan fingerprint density at radius 2 is 2.06 bits per heavy atom. The molecule has 1 aromatic heterocycles. The van der Waals surface area contributed by atoms with E-state index in [1.807, 2.05) is 11.3 Å². The molecular weight excluding hydrogens is 294 g/mol. The summed E-state index contributed by atoms with van der Waals surface area (Å²) >= 11 is 5.33. The fourth-order valence-corrected chi connectivity index (χ4v) is 3.47. The van der Waals surface area contributed by atoms with Crippen LogP contribution in [-0.2, 0) is 6.42 Å². The van der Waals surface area contributed by atoms with E-state index in [4.69, 9.17) is 5.73 Å². The number of halogens is 1. The molecule has 0 bridgehead atoms. The van der Waals surface area contributed by atoms with Crippen LogP contribution < -0.4 is 5.73 Å². The molecule has 1 aromatic carbocycles. The van der Waals surface area contributed by atoms with E-state index in [0.29, 0.717) is 0 Å². The standard InChI is InChI=1S/C14H16BrNS/c1-3-12-4-5-13(17-12)14(16)10-6-9(2)7-11(15)8-10/h4-8,14H,3,16H2,1-2H3. The van der Waals surface area contributed by atoms with Crippen LogP contribution in [0.25, 0.3) is 0 Å². The van der Waals surface area contributed by atoms with E-state index in [1.165, 1.54) is 20.9 Å². The molecule has 0 spiro atoms. The van der Waals surface area contributed by atoms with E-state index in [2.05, 4.69) is 60.1 Å². The molecule has 2 aromatic rings. The van der Waals surface area contributed by atoms with Gasteiger partial charge in [0.2, 0.25) is 0 Å². The van der Waals surface area contributed by atoms with E-state index in [1.54, 1.807) is 0 Å². The number of thiophene rings is 1. The van der Waals surface area contributed by atoms with E-state index in [9.17, 15) is 0 Å². The minimum atomic E-state index is -0.0171. The van der Waals surface area contributed by atoms with Crippen molar-refractivity contribution < 1.29 is 0 Å². The monoisotopic (exact) mass is 309 g/mol. The molecule has 3 heteroatoms. The maximum absolute atomic E-state index is 6.31. The fraction of sp³-hybridized carbons (Fsp3) is 0.286. The molecule has 1 heterocycles. The van der Waals surface area contributed by atoms with E-state index in [-0.39, 0.29) is 6.04 Å². The Balaban J connectivity index is 2.32. The van der Waals surface area contributed by atoms with Gasteiger partial charge in [0, 0.05) is 14.2 Å². The summed E-state index contributed by atoms with van der Waals surface area (Å²) < 4.78 is 1.09. The average Bonchev–Trinajstić information content (AvgIpc) is 2.75. The van der Waals surface area contributed by atoms with Crippen molar-refractivity contribution in [3.63, 3.8) is 0 Å². The molecule has 0 radical (unpaired) electrons. The van der Waals surface area contributed by atoms with Crippen molar-refractivity contribution >= 4 is 27.3 Å². The van der Waals surface area contributed by atoms with Crippen molar-refractivity contribution in [2.24, 2.45) is 5.73 Å². The van der Waals surface area contributed by atoms with Crippen molar-refractivity contribution in [1.29, 1.82) is 0 Å². The van der Waals surface area contributed by atoms with Crippen molar-refractivity contribution in [1.82, 2.24) is 0 Å². The predicted octanol–water partition coefficient (Wildman–Crippen LogP) is 4.43. The van der Waals surface area contributed by atoms with Gasteiger partial charge in [-0.1, -0.05) is 28.9 Å². The summed E-state index contributed by atoms with van der Waals surface area (Å²) in [7, 11) is 0. The molecule has 1 unspecified atom stereocenters. The Kier molecular flexibility index (Phi) is 4.02. The predicted molar refractivity (Wildman–Crippen MR) is 78.6 cm³/mol. The van der Waals surface area contributed by atoms with Crippen LogP contribution in [0.15, 0.2) is 34.8 Å². The topological polar surface area (TPSA) is 26.0 Å². The summed E-state index contributed by atoms with van der Waals surface area (Å²) in [6, 6.07) is 10.7. The third kappa shape index (κ3) is 2.97. The fourth-order valence-electron chi connectivity index (χ4n) is 1.86. The second-order valence-electron chi connectivity index (χ2n) is 4.20. The number of aryl methyl sites for hydroxylation is 2. The quantitative estimate of drug-likeness (QED) is 0.891. The number of hydrogen-bond donors (Lipinski definition) is 1. The molecule has 0 amide bonds. The molecular formula is C14H16BrNS. The van der Waals surface area contributed by atoms with Crippen LogP contribution in [-0.4, -0.2) is 0 Å². The van der Waals surface area contributed by atoms with Crippen LogP contribution in [0.3, 0.4) is 0 Å². The first-order valence-corrected chi connectivity index (χ1v) is 7.32. The second kappa shape index (κ2) is 5.34. The lowest BCUT2D eigenvalue weighted by atomic mass is 10.0.